The molecule has 0 saturated heterocycles. The normalized spacial score (nSPS) is 16.7. The minimum absolute atomic E-state index is 0.0219. The second kappa shape index (κ2) is 10.8. The maximum Gasteiger partial charge on any atom is 0.240 e. The van der Waals surface area contributed by atoms with E-state index in [-0.39, 0.29) is 12.0 Å². The third kappa shape index (κ3) is 8.31. The van der Waals surface area contributed by atoms with E-state index < -0.39 is 0 Å². The molecule has 0 bridgehead atoms. The summed E-state index contributed by atoms with van der Waals surface area (Å²) in [6.45, 7) is 2.24. The molecule has 0 aromatic rings. The lowest BCUT2D eigenvalue weighted by Crippen LogP contribution is -2.27. The van der Waals surface area contributed by atoms with Crippen LogP contribution in [-0.2, 0) is 4.79 Å². The van der Waals surface area contributed by atoms with Crippen molar-refractivity contribution in [2.75, 3.05) is 0 Å². The van der Waals surface area contributed by atoms with Crippen molar-refractivity contribution >= 4 is 11.6 Å². The number of unbranched alkanes of at least 4 members (excludes halogenated alkanes) is 7. The van der Waals surface area contributed by atoms with Crippen LogP contribution in [0.4, 0.5) is 0 Å². The number of rotatable bonds is 11. The first-order valence-corrected chi connectivity index (χ1v) is 8.24. The maximum atomic E-state index is 11.0. The predicted octanol–water partition coefficient (Wildman–Crippen LogP) is 3.53. The van der Waals surface area contributed by atoms with Gasteiger partial charge in [0.25, 0.3) is 0 Å². The van der Waals surface area contributed by atoms with Crippen LogP contribution in [0.3, 0.4) is 0 Å². The fourth-order valence-corrected chi connectivity index (χ4v) is 2.55. The Balaban J connectivity index is 1.95. The summed E-state index contributed by atoms with van der Waals surface area (Å²) in [5.74, 6) is -0.0219. The van der Waals surface area contributed by atoms with Gasteiger partial charge in [-0.2, -0.15) is 5.10 Å². The van der Waals surface area contributed by atoms with Crippen molar-refractivity contribution in [2.45, 2.75) is 90.1 Å². The average molecular weight is 282 g/mol. The van der Waals surface area contributed by atoms with E-state index in [2.05, 4.69) is 17.5 Å². The highest BCUT2D eigenvalue weighted by Crippen LogP contribution is 2.13. The number of carbonyl (C=O) groups excluding carboxylic acids is 1. The SMILES string of the molecule is CCCCCCCCCCC(O)CC1=NNC(=O)CC1. The summed E-state index contributed by atoms with van der Waals surface area (Å²) in [5, 5.41) is 13.9. The standard InChI is InChI=1S/C16H30N2O2/c1-2-3-4-5-6-7-8-9-10-15(19)13-14-11-12-16(20)18-17-14/h15,19H,2-13H2,1H3,(H,18,20). The van der Waals surface area contributed by atoms with E-state index in [1.54, 1.807) is 0 Å². The molecule has 4 nitrogen and oxygen atoms in total. The van der Waals surface area contributed by atoms with Crippen LogP contribution in [0.15, 0.2) is 5.10 Å². The first kappa shape index (κ1) is 17.2. The smallest absolute Gasteiger partial charge is 0.240 e. The molecule has 0 aliphatic carbocycles. The molecule has 2 N–H and O–H groups in total. The number of hydrogen-bond acceptors (Lipinski definition) is 3. The Morgan fingerprint density at radius 2 is 1.75 bits per heavy atom. The van der Waals surface area contributed by atoms with Crippen molar-refractivity contribution in [2.24, 2.45) is 5.10 Å². The summed E-state index contributed by atoms with van der Waals surface area (Å²) in [7, 11) is 0. The summed E-state index contributed by atoms with van der Waals surface area (Å²) in [6.07, 6.45) is 12.7. The quantitative estimate of drug-likeness (QED) is 0.569. The summed E-state index contributed by atoms with van der Waals surface area (Å²) in [6, 6.07) is 0. The third-order valence-electron chi connectivity index (χ3n) is 3.84. The van der Waals surface area contributed by atoms with Gasteiger partial charge in [-0.15, -0.1) is 0 Å². The Morgan fingerprint density at radius 3 is 2.35 bits per heavy atom. The van der Waals surface area contributed by atoms with Gasteiger partial charge in [-0.05, 0) is 12.8 Å². The Morgan fingerprint density at radius 1 is 1.10 bits per heavy atom. The van der Waals surface area contributed by atoms with Crippen molar-refractivity contribution in [3.63, 3.8) is 0 Å². The molecular formula is C16H30N2O2. The fraction of sp³-hybridized carbons (Fsp3) is 0.875. The van der Waals surface area contributed by atoms with Gasteiger partial charge >= 0.3 is 0 Å². The zero-order valence-corrected chi connectivity index (χ0v) is 12.9. The number of aliphatic hydroxyl groups excluding tert-OH is 1. The number of hydrazone groups is 1. The van der Waals surface area contributed by atoms with Gasteiger partial charge in [0.2, 0.25) is 5.91 Å². The minimum Gasteiger partial charge on any atom is -0.393 e. The van der Waals surface area contributed by atoms with Crippen LogP contribution in [-0.4, -0.2) is 22.8 Å². The largest absolute Gasteiger partial charge is 0.393 e. The van der Waals surface area contributed by atoms with E-state index in [0.29, 0.717) is 19.3 Å². The monoisotopic (exact) mass is 282 g/mol. The fourth-order valence-electron chi connectivity index (χ4n) is 2.55. The van der Waals surface area contributed by atoms with Gasteiger partial charge in [0, 0.05) is 18.6 Å². The van der Waals surface area contributed by atoms with Crippen LogP contribution in [0.25, 0.3) is 0 Å². The van der Waals surface area contributed by atoms with Crippen LogP contribution in [0, 0.1) is 0 Å². The topological polar surface area (TPSA) is 61.7 Å². The molecule has 0 saturated carbocycles. The molecule has 116 valence electrons. The molecular weight excluding hydrogens is 252 g/mol. The van der Waals surface area contributed by atoms with Crippen LogP contribution in [0.2, 0.25) is 0 Å². The highest BCUT2D eigenvalue weighted by Gasteiger charge is 2.14. The number of carbonyl (C=O) groups is 1. The number of aliphatic hydroxyl groups is 1. The van der Waals surface area contributed by atoms with Gasteiger partial charge in [0.05, 0.1) is 6.10 Å². The summed E-state index contributed by atoms with van der Waals surface area (Å²) in [4.78, 5) is 11.0. The maximum absolute atomic E-state index is 11.0. The highest BCUT2D eigenvalue weighted by molar-refractivity contribution is 5.92. The second-order valence-electron chi connectivity index (χ2n) is 5.83. The third-order valence-corrected chi connectivity index (χ3v) is 3.84. The molecule has 0 aromatic carbocycles. The number of amides is 1. The molecule has 20 heavy (non-hydrogen) atoms. The number of nitrogens with zero attached hydrogens (tertiary/aromatic N) is 1. The summed E-state index contributed by atoms with van der Waals surface area (Å²) in [5.41, 5.74) is 3.40. The molecule has 0 fully saturated rings. The molecule has 1 heterocycles. The molecule has 1 rings (SSSR count). The van der Waals surface area contributed by atoms with E-state index in [9.17, 15) is 9.90 Å². The Bertz CT molecular complexity index is 303. The molecule has 1 unspecified atom stereocenters. The van der Waals surface area contributed by atoms with E-state index in [1.165, 1.54) is 44.9 Å². The molecule has 0 radical (unpaired) electrons. The number of nitrogens with one attached hydrogen (secondary N) is 1. The van der Waals surface area contributed by atoms with Gasteiger partial charge in [0.15, 0.2) is 0 Å². The van der Waals surface area contributed by atoms with Crippen LogP contribution in [0.5, 0.6) is 0 Å². The lowest BCUT2D eigenvalue weighted by Gasteiger charge is -2.15. The Hall–Kier alpha value is -0.900. The second-order valence-corrected chi connectivity index (χ2v) is 5.83. The van der Waals surface area contributed by atoms with Crippen LogP contribution >= 0.6 is 0 Å². The van der Waals surface area contributed by atoms with Crippen LogP contribution < -0.4 is 5.43 Å². The highest BCUT2D eigenvalue weighted by atomic mass is 16.3. The zero-order valence-electron chi connectivity index (χ0n) is 12.9. The van der Waals surface area contributed by atoms with Crippen molar-refractivity contribution in [1.82, 2.24) is 5.43 Å². The van der Waals surface area contributed by atoms with Gasteiger partial charge in [0.1, 0.15) is 0 Å². The average Bonchev–Trinajstić information content (AvgIpc) is 2.44. The summed E-state index contributed by atoms with van der Waals surface area (Å²) >= 11 is 0. The molecule has 0 aromatic heterocycles. The molecule has 1 aliphatic heterocycles. The molecule has 1 aliphatic rings. The van der Waals surface area contributed by atoms with Crippen molar-refractivity contribution in [1.29, 1.82) is 0 Å². The molecule has 0 spiro atoms. The molecule has 1 amide bonds. The van der Waals surface area contributed by atoms with E-state index >= 15 is 0 Å². The van der Waals surface area contributed by atoms with Gasteiger partial charge in [-0.1, -0.05) is 58.3 Å². The Labute approximate surface area is 123 Å². The summed E-state index contributed by atoms with van der Waals surface area (Å²) < 4.78 is 0. The van der Waals surface area contributed by atoms with Gasteiger partial charge < -0.3 is 5.11 Å². The van der Waals surface area contributed by atoms with Gasteiger partial charge in [-0.25, -0.2) is 5.43 Å². The molecule has 4 heteroatoms. The predicted molar refractivity (Wildman–Crippen MR) is 82.7 cm³/mol. The Kier molecular flexibility index (Phi) is 9.29. The van der Waals surface area contributed by atoms with E-state index in [1.807, 2.05) is 0 Å². The first-order chi connectivity index (χ1) is 9.72. The minimum atomic E-state index is -0.302. The zero-order chi connectivity index (χ0) is 14.6. The van der Waals surface area contributed by atoms with Gasteiger partial charge in [-0.3, -0.25) is 4.79 Å². The lowest BCUT2D eigenvalue weighted by atomic mass is 10.0. The van der Waals surface area contributed by atoms with E-state index in [0.717, 1.165) is 18.6 Å². The van der Waals surface area contributed by atoms with Crippen LogP contribution in [0.1, 0.15) is 84.0 Å². The molecule has 1 atom stereocenters. The van der Waals surface area contributed by atoms with Crippen molar-refractivity contribution in [3.05, 3.63) is 0 Å². The first-order valence-electron chi connectivity index (χ1n) is 8.24. The lowest BCUT2D eigenvalue weighted by molar-refractivity contribution is -0.121. The van der Waals surface area contributed by atoms with Crippen molar-refractivity contribution in [3.8, 4) is 0 Å². The van der Waals surface area contributed by atoms with E-state index in [4.69, 9.17) is 0 Å². The number of hydrogen-bond donors (Lipinski definition) is 2. The van der Waals surface area contributed by atoms with Crippen molar-refractivity contribution < 1.29 is 9.90 Å².